The maximum absolute atomic E-state index is 11.0. The molecular formula is C10H10AsClN2O3S. The third-order valence-corrected chi connectivity index (χ3v) is 5.35. The minimum absolute atomic E-state index is 0.0690. The van der Waals surface area contributed by atoms with E-state index in [-0.39, 0.29) is 4.35 Å². The van der Waals surface area contributed by atoms with Gasteiger partial charge < -0.3 is 0 Å². The van der Waals surface area contributed by atoms with E-state index in [1.165, 1.54) is 23.5 Å². The van der Waals surface area contributed by atoms with Gasteiger partial charge in [-0.25, -0.2) is 0 Å². The number of nitrogens with zero attached hydrogens (tertiary/aromatic N) is 1. The van der Waals surface area contributed by atoms with E-state index in [1.807, 2.05) is 0 Å². The monoisotopic (exact) mass is 348 g/mol. The normalized spacial score (nSPS) is 11.5. The molecule has 2 aromatic rings. The summed E-state index contributed by atoms with van der Waals surface area (Å²) in [7, 11) is 0. The number of halogens is 1. The Bertz CT molecular complexity index is 581. The van der Waals surface area contributed by atoms with Crippen LogP contribution in [0.3, 0.4) is 0 Å². The Hall–Kier alpha value is -0.782. The van der Waals surface area contributed by atoms with Crippen molar-refractivity contribution in [2.24, 2.45) is 0 Å². The SMILES string of the molecule is O=[As](O)(O)c1ccc(NCc2cnc(Cl)s2)cc1. The molecule has 1 aromatic heterocycles. The van der Waals surface area contributed by atoms with Crippen LogP contribution in [0.4, 0.5) is 5.69 Å². The van der Waals surface area contributed by atoms with Gasteiger partial charge in [0.25, 0.3) is 0 Å². The van der Waals surface area contributed by atoms with E-state index in [0.717, 1.165) is 10.6 Å². The fraction of sp³-hybridized carbons (Fsp3) is 0.100. The summed E-state index contributed by atoms with van der Waals surface area (Å²) >= 11 is 2.32. The van der Waals surface area contributed by atoms with Crippen LogP contribution in [0.1, 0.15) is 4.88 Å². The van der Waals surface area contributed by atoms with Gasteiger partial charge in [0.15, 0.2) is 0 Å². The molecule has 0 radical (unpaired) electrons. The van der Waals surface area contributed by atoms with Gasteiger partial charge in [0, 0.05) is 0 Å². The number of benzene rings is 1. The molecule has 0 atom stereocenters. The molecule has 2 rings (SSSR count). The zero-order valence-corrected chi connectivity index (χ0v) is 12.5. The van der Waals surface area contributed by atoms with Crippen LogP contribution in [-0.4, -0.2) is 27.3 Å². The van der Waals surface area contributed by atoms with E-state index in [1.54, 1.807) is 18.3 Å². The summed E-state index contributed by atoms with van der Waals surface area (Å²) in [6.07, 6.45) is 1.69. The van der Waals surface area contributed by atoms with Gasteiger partial charge in [-0.1, -0.05) is 0 Å². The molecule has 3 N–H and O–H groups in total. The summed E-state index contributed by atoms with van der Waals surface area (Å²) in [6.45, 7) is 0.574. The molecule has 0 spiro atoms. The maximum atomic E-state index is 11.0. The average molecular weight is 349 g/mol. The van der Waals surface area contributed by atoms with Crippen molar-refractivity contribution in [1.82, 2.24) is 4.98 Å². The van der Waals surface area contributed by atoms with Crippen LogP contribution in [-0.2, 0) is 10.3 Å². The summed E-state index contributed by atoms with van der Waals surface area (Å²) in [5.74, 6) is 0. The molecule has 0 fully saturated rings. The van der Waals surface area contributed by atoms with Crippen molar-refractivity contribution in [2.75, 3.05) is 5.32 Å². The van der Waals surface area contributed by atoms with Gasteiger partial charge in [-0.15, -0.1) is 0 Å². The summed E-state index contributed by atoms with van der Waals surface area (Å²) in [4.78, 5) is 4.91. The molecule has 0 aliphatic rings. The summed E-state index contributed by atoms with van der Waals surface area (Å²) in [5.41, 5.74) is 0.784. The van der Waals surface area contributed by atoms with E-state index >= 15 is 0 Å². The van der Waals surface area contributed by atoms with Crippen molar-refractivity contribution < 1.29 is 11.9 Å². The van der Waals surface area contributed by atoms with Crippen molar-refractivity contribution in [2.45, 2.75) is 6.54 Å². The molecule has 18 heavy (non-hydrogen) atoms. The van der Waals surface area contributed by atoms with Crippen molar-refractivity contribution >= 4 is 47.1 Å². The number of thiazole rings is 1. The van der Waals surface area contributed by atoms with Gasteiger partial charge in [0.2, 0.25) is 0 Å². The van der Waals surface area contributed by atoms with Crippen LogP contribution in [0.2, 0.25) is 4.47 Å². The van der Waals surface area contributed by atoms with E-state index in [0.29, 0.717) is 11.0 Å². The van der Waals surface area contributed by atoms with Gasteiger partial charge in [-0.05, 0) is 0 Å². The molecule has 0 unspecified atom stereocenters. The van der Waals surface area contributed by atoms with Crippen LogP contribution in [0, 0.1) is 0 Å². The van der Waals surface area contributed by atoms with Gasteiger partial charge >= 0.3 is 116 Å². The number of hydrogen-bond acceptors (Lipinski definition) is 4. The van der Waals surface area contributed by atoms with Gasteiger partial charge in [0.05, 0.1) is 0 Å². The topological polar surface area (TPSA) is 82.5 Å². The second kappa shape index (κ2) is 5.46. The van der Waals surface area contributed by atoms with Gasteiger partial charge in [0.1, 0.15) is 0 Å². The van der Waals surface area contributed by atoms with E-state index in [2.05, 4.69) is 10.3 Å². The average Bonchev–Trinajstić information content (AvgIpc) is 2.72. The summed E-state index contributed by atoms with van der Waals surface area (Å²) in [6, 6.07) is 6.14. The summed E-state index contributed by atoms with van der Waals surface area (Å²) in [5, 5.41) is 3.12. The van der Waals surface area contributed by atoms with Crippen LogP contribution in [0.15, 0.2) is 30.5 Å². The first-order valence-electron chi connectivity index (χ1n) is 4.95. The van der Waals surface area contributed by atoms with E-state index < -0.39 is 14.2 Å². The number of rotatable bonds is 4. The Morgan fingerprint density at radius 2 is 2.00 bits per heavy atom. The molecule has 5 nitrogen and oxygen atoms in total. The fourth-order valence-corrected chi connectivity index (χ4v) is 3.37. The molecule has 0 amide bonds. The summed E-state index contributed by atoms with van der Waals surface area (Å²) < 4.78 is 29.6. The first kappa shape index (κ1) is 13.6. The van der Waals surface area contributed by atoms with Crippen molar-refractivity contribution in [1.29, 1.82) is 0 Å². The first-order valence-corrected chi connectivity index (χ1v) is 9.53. The van der Waals surface area contributed by atoms with E-state index in [4.69, 9.17) is 19.8 Å². The number of aromatic nitrogens is 1. The van der Waals surface area contributed by atoms with E-state index in [9.17, 15) is 3.74 Å². The Morgan fingerprint density at radius 3 is 2.50 bits per heavy atom. The zero-order valence-electron chi connectivity index (χ0n) is 9.08. The Morgan fingerprint density at radius 1 is 1.33 bits per heavy atom. The fourth-order valence-electron chi connectivity index (χ4n) is 1.33. The first-order chi connectivity index (χ1) is 8.45. The second-order valence-corrected chi connectivity index (χ2v) is 8.59. The molecule has 8 heteroatoms. The standard InChI is InChI=1S/C10H10AsClN2O3S/c12-10-14-6-9(18-10)5-13-8-3-1-7(2-4-8)11(15,16)17/h1-4,6,13H,5H2,(H2,15,16,17). The molecule has 1 heterocycles. The number of anilines is 1. The van der Waals surface area contributed by atoms with Crippen molar-refractivity contribution in [3.63, 3.8) is 0 Å². The molecule has 0 saturated heterocycles. The zero-order chi connectivity index (χ0) is 13.2. The van der Waals surface area contributed by atoms with Crippen molar-refractivity contribution in [3.05, 3.63) is 39.8 Å². The molecular weight excluding hydrogens is 339 g/mol. The van der Waals surface area contributed by atoms with Crippen LogP contribution >= 0.6 is 22.9 Å². The second-order valence-electron chi connectivity index (χ2n) is 3.52. The van der Waals surface area contributed by atoms with Crippen molar-refractivity contribution in [3.8, 4) is 0 Å². The molecule has 0 saturated carbocycles. The van der Waals surface area contributed by atoms with Crippen LogP contribution in [0.5, 0.6) is 0 Å². The Labute approximate surface area is 115 Å². The quantitative estimate of drug-likeness (QED) is 0.717. The Kier molecular flexibility index (Phi) is 4.14. The molecule has 96 valence electrons. The van der Waals surface area contributed by atoms with Gasteiger partial charge in [-0.2, -0.15) is 0 Å². The number of nitrogens with one attached hydrogen (secondary N) is 1. The minimum atomic E-state index is -4.77. The Balaban J connectivity index is 2.01. The molecule has 0 bridgehead atoms. The molecule has 0 aliphatic carbocycles. The van der Waals surface area contributed by atoms with Crippen LogP contribution in [0.25, 0.3) is 0 Å². The molecule has 1 aromatic carbocycles. The number of hydrogen-bond donors (Lipinski definition) is 3. The third kappa shape index (κ3) is 3.60. The van der Waals surface area contributed by atoms with Gasteiger partial charge in [-0.3, -0.25) is 0 Å². The third-order valence-electron chi connectivity index (χ3n) is 2.20. The predicted octanol–water partition coefficient (Wildman–Crippen LogP) is 0.970. The molecule has 0 aliphatic heterocycles. The predicted molar refractivity (Wildman–Crippen MR) is 71.4 cm³/mol. The van der Waals surface area contributed by atoms with Crippen LogP contribution < -0.4 is 9.67 Å².